The molecular weight excluding hydrogens is 202 g/mol. The van der Waals surface area contributed by atoms with Crippen LogP contribution in [0.3, 0.4) is 0 Å². The van der Waals surface area contributed by atoms with Gasteiger partial charge in [0.2, 0.25) is 5.91 Å². The molecule has 1 saturated heterocycles. The van der Waals surface area contributed by atoms with Gasteiger partial charge in [0.1, 0.15) is 0 Å². The first-order valence-electron chi connectivity index (χ1n) is 6.28. The number of piperidine rings is 1. The molecule has 0 aromatic heterocycles. The Labute approximate surface area is 98.8 Å². The van der Waals surface area contributed by atoms with Crippen molar-refractivity contribution in [3.8, 4) is 0 Å². The summed E-state index contributed by atoms with van der Waals surface area (Å²) in [6, 6.07) is 0.665. The van der Waals surface area contributed by atoms with E-state index in [4.69, 9.17) is 5.73 Å². The first-order valence-corrected chi connectivity index (χ1v) is 6.28. The van der Waals surface area contributed by atoms with E-state index in [-0.39, 0.29) is 5.91 Å². The van der Waals surface area contributed by atoms with Crippen LogP contribution in [0.4, 0.5) is 0 Å². The summed E-state index contributed by atoms with van der Waals surface area (Å²) in [5.74, 6) is 0.227. The van der Waals surface area contributed by atoms with Gasteiger partial charge < -0.3 is 10.6 Å². The highest BCUT2D eigenvalue weighted by Gasteiger charge is 2.21. The third-order valence-corrected chi connectivity index (χ3v) is 3.64. The topological polar surface area (TPSA) is 49.6 Å². The SMILES string of the molecule is CCC(C)N(C)C(=O)CN1CCC(N)CC1. The molecule has 0 radical (unpaired) electrons. The van der Waals surface area contributed by atoms with Crippen molar-refractivity contribution in [2.45, 2.75) is 45.2 Å². The van der Waals surface area contributed by atoms with Crippen LogP contribution in [0.1, 0.15) is 33.1 Å². The summed E-state index contributed by atoms with van der Waals surface area (Å²) in [5.41, 5.74) is 5.84. The Morgan fingerprint density at radius 2 is 2.06 bits per heavy atom. The van der Waals surface area contributed by atoms with Gasteiger partial charge in [-0.1, -0.05) is 6.92 Å². The van der Waals surface area contributed by atoms with E-state index in [1.165, 1.54) is 0 Å². The lowest BCUT2D eigenvalue weighted by atomic mass is 10.1. The lowest BCUT2D eigenvalue weighted by Crippen LogP contribution is -2.46. The molecule has 0 aromatic carbocycles. The summed E-state index contributed by atoms with van der Waals surface area (Å²) in [5, 5.41) is 0. The Morgan fingerprint density at radius 3 is 2.56 bits per heavy atom. The molecule has 1 unspecified atom stereocenters. The summed E-state index contributed by atoms with van der Waals surface area (Å²) in [6.07, 6.45) is 3.04. The smallest absolute Gasteiger partial charge is 0.236 e. The summed E-state index contributed by atoms with van der Waals surface area (Å²) < 4.78 is 0. The van der Waals surface area contributed by atoms with Gasteiger partial charge in [0.05, 0.1) is 6.54 Å². The van der Waals surface area contributed by atoms with Crippen molar-refractivity contribution >= 4 is 5.91 Å². The molecule has 1 rings (SSSR count). The van der Waals surface area contributed by atoms with Crippen molar-refractivity contribution < 1.29 is 4.79 Å². The van der Waals surface area contributed by atoms with Crippen LogP contribution < -0.4 is 5.73 Å². The third-order valence-electron chi connectivity index (χ3n) is 3.64. The van der Waals surface area contributed by atoms with Crippen LogP contribution in [0, 0.1) is 0 Å². The van der Waals surface area contributed by atoms with Gasteiger partial charge in [-0.05, 0) is 26.2 Å². The molecule has 1 aliphatic rings. The van der Waals surface area contributed by atoms with Crippen molar-refractivity contribution in [2.24, 2.45) is 5.73 Å². The number of hydrogen-bond donors (Lipinski definition) is 1. The highest BCUT2D eigenvalue weighted by Crippen LogP contribution is 2.09. The zero-order chi connectivity index (χ0) is 12.1. The van der Waals surface area contributed by atoms with E-state index in [9.17, 15) is 4.79 Å². The van der Waals surface area contributed by atoms with E-state index in [1.807, 2.05) is 11.9 Å². The number of nitrogens with zero attached hydrogens (tertiary/aromatic N) is 2. The number of rotatable bonds is 4. The average Bonchev–Trinajstić information content (AvgIpc) is 2.30. The zero-order valence-electron chi connectivity index (χ0n) is 10.8. The molecule has 1 atom stereocenters. The first kappa shape index (κ1) is 13.5. The number of carbonyl (C=O) groups is 1. The van der Waals surface area contributed by atoms with Crippen LogP contribution >= 0.6 is 0 Å². The second-order valence-electron chi connectivity index (χ2n) is 4.88. The molecule has 1 aliphatic heterocycles. The lowest BCUT2D eigenvalue weighted by Gasteiger charge is -2.32. The molecule has 0 aliphatic carbocycles. The normalized spacial score (nSPS) is 20.8. The minimum Gasteiger partial charge on any atom is -0.342 e. The number of nitrogens with two attached hydrogens (primary N) is 1. The highest BCUT2D eigenvalue weighted by atomic mass is 16.2. The fourth-order valence-electron chi connectivity index (χ4n) is 1.93. The molecule has 16 heavy (non-hydrogen) atoms. The van der Waals surface area contributed by atoms with Crippen molar-refractivity contribution in [3.63, 3.8) is 0 Å². The van der Waals surface area contributed by atoms with E-state index in [1.54, 1.807) is 0 Å². The summed E-state index contributed by atoms with van der Waals surface area (Å²) in [4.78, 5) is 16.0. The number of amides is 1. The molecule has 0 spiro atoms. The number of likely N-dealkylation sites (N-methyl/N-ethyl adjacent to an activating group) is 1. The Morgan fingerprint density at radius 1 is 1.50 bits per heavy atom. The fraction of sp³-hybridized carbons (Fsp3) is 0.917. The van der Waals surface area contributed by atoms with Gasteiger partial charge in [-0.3, -0.25) is 9.69 Å². The van der Waals surface area contributed by atoms with E-state index in [0.717, 1.165) is 32.4 Å². The van der Waals surface area contributed by atoms with Crippen LogP contribution in [0.15, 0.2) is 0 Å². The summed E-state index contributed by atoms with van der Waals surface area (Å²) in [7, 11) is 1.90. The van der Waals surface area contributed by atoms with Crippen molar-refractivity contribution in [2.75, 3.05) is 26.7 Å². The number of carbonyl (C=O) groups excluding carboxylic acids is 1. The standard InChI is InChI=1S/C12H25N3O/c1-4-10(2)14(3)12(16)9-15-7-5-11(13)6-8-15/h10-11H,4-9,13H2,1-3H3. The van der Waals surface area contributed by atoms with Gasteiger partial charge in [0.15, 0.2) is 0 Å². The minimum atomic E-state index is 0.227. The maximum Gasteiger partial charge on any atom is 0.236 e. The van der Waals surface area contributed by atoms with E-state index in [0.29, 0.717) is 18.6 Å². The zero-order valence-corrected chi connectivity index (χ0v) is 10.8. The highest BCUT2D eigenvalue weighted by molar-refractivity contribution is 5.78. The van der Waals surface area contributed by atoms with Crippen LogP contribution in [0.5, 0.6) is 0 Å². The Balaban J connectivity index is 2.33. The second kappa shape index (κ2) is 6.21. The molecule has 1 amide bonds. The molecular formula is C12H25N3O. The Hall–Kier alpha value is -0.610. The maximum absolute atomic E-state index is 11.9. The molecule has 0 bridgehead atoms. The molecule has 1 fully saturated rings. The largest absolute Gasteiger partial charge is 0.342 e. The van der Waals surface area contributed by atoms with Crippen molar-refractivity contribution in [3.05, 3.63) is 0 Å². The van der Waals surface area contributed by atoms with E-state index in [2.05, 4.69) is 18.7 Å². The van der Waals surface area contributed by atoms with Gasteiger partial charge in [-0.15, -0.1) is 0 Å². The third kappa shape index (κ3) is 3.76. The fourth-order valence-corrected chi connectivity index (χ4v) is 1.93. The van der Waals surface area contributed by atoms with Gasteiger partial charge >= 0.3 is 0 Å². The molecule has 1 heterocycles. The van der Waals surface area contributed by atoms with E-state index >= 15 is 0 Å². The average molecular weight is 227 g/mol. The monoisotopic (exact) mass is 227 g/mol. The quantitative estimate of drug-likeness (QED) is 0.768. The summed E-state index contributed by atoms with van der Waals surface area (Å²) in [6.45, 7) is 6.66. The van der Waals surface area contributed by atoms with Crippen LogP contribution in [0.2, 0.25) is 0 Å². The Kier molecular flexibility index (Phi) is 5.22. The van der Waals surface area contributed by atoms with Crippen LogP contribution in [-0.4, -0.2) is 54.5 Å². The molecule has 4 heteroatoms. The lowest BCUT2D eigenvalue weighted by molar-refractivity contribution is -0.133. The van der Waals surface area contributed by atoms with Gasteiger partial charge in [0.25, 0.3) is 0 Å². The molecule has 0 saturated carbocycles. The summed E-state index contributed by atoms with van der Waals surface area (Å²) >= 11 is 0. The predicted molar refractivity (Wildman–Crippen MR) is 66.2 cm³/mol. The first-order chi connectivity index (χ1) is 7.54. The van der Waals surface area contributed by atoms with Gasteiger partial charge in [-0.25, -0.2) is 0 Å². The van der Waals surface area contributed by atoms with Crippen molar-refractivity contribution in [1.82, 2.24) is 9.80 Å². The van der Waals surface area contributed by atoms with Gasteiger partial charge in [0, 0.05) is 32.2 Å². The maximum atomic E-state index is 11.9. The molecule has 94 valence electrons. The second-order valence-corrected chi connectivity index (χ2v) is 4.88. The molecule has 2 N–H and O–H groups in total. The number of hydrogen-bond acceptors (Lipinski definition) is 3. The van der Waals surface area contributed by atoms with Gasteiger partial charge in [-0.2, -0.15) is 0 Å². The molecule has 4 nitrogen and oxygen atoms in total. The van der Waals surface area contributed by atoms with E-state index < -0.39 is 0 Å². The Bertz CT molecular complexity index is 224. The predicted octanol–water partition coefficient (Wildman–Crippen LogP) is 0.666. The molecule has 0 aromatic rings. The van der Waals surface area contributed by atoms with Crippen molar-refractivity contribution in [1.29, 1.82) is 0 Å². The minimum absolute atomic E-state index is 0.227. The number of likely N-dealkylation sites (tertiary alicyclic amines) is 1. The van der Waals surface area contributed by atoms with Crippen LogP contribution in [0.25, 0.3) is 0 Å². The van der Waals surface area contributed by atoms with Crippen LogP contribution in [-0.2, 0) is 4.79 Å².